The smallest absolute Gasteiger partial charge is 0.262 e. The van der Waals surface area contributed by atoms with E-state index in [0.717, 1.165) is 31.6 Å². The van der Waals surface area contributed by atoms with Gasteiger partial charge in [-0.1, -0.05) is 42.5 Å². The largest absolute Gasteiger partial charge is 0.348 e. The van der Waals surface area contributed by atoms with E-state index in [1.54, 1.807) is 0 Å². The number of hydrogen-bond acceptors (Lipinski definition) is 4. The van der Waals surface area contributed by atoms with Crippen molar-refractivity contribution in [2.75, 3.05) is 0 Å². The van der Waals surface area contributed by atoms with Gasteiger partial charge >= 0.3 is 0 Å². The lowest BCUT2D eigenvalue weighted by Gasteiger charge is -2.17. The first-order valence-electron chi connectivity index (χ1n) is 9.18. The molecule has 6 heteroatoms. The Bertz CT molecular complexity index is 1250. The number of hydrogen-bond donors (Lipinski definition) is 1. The molecule has 1 atom stereocenters. The number of nitrogens with zero attached hydrogens (tertiary/aromatic N) is 2. The highest BCUT2D eigenvalue weighted by Crippen LogP contribution is 2.26. The van der Waals surface area contributed by atoms with E-state index in [9.17, 15) is 9.59 Å². The molecule has 0 radical (unpaired) electrons. The zero-order valence-corrected chi connectivity index (χ0v) is 16.8. The van der Waals surface area contributed by atoms with Gasteiger partial charge in [-0.25, -0.2) is 4.98 Å². The third-order valence-corrected chi connectivity index (χ3v) is 6.25. The zero-order valence-electron chi connectivity index (χ0n) is 16.0. The topological polar surface area (TPSA) is 64.0 Å². The highest BCUT2D eigenvalue weighted by molar-refractivity contribution is 7.18. The van der Waals surface area contributed by atoms with E-state index in [0.29, 0.717) is 5.39 Å². The summed E-state index contributed by atoms with van der Waals surface area (Å²) < 4.78 is 1.38. The molecule has 1 N–H and O–H groups in total. The second-order valence-electron chi connectivity index (χ2n) is 7.00. The molecule has 0 aliphatic heterocycles. The van der Waals surface area contributed by atoms with Gasteiger partial charge in [0.25, 0.3) is 5.56 Å². The number of aromatic nitrogens is 2. The molecule has 0 saturated heterocycles. The van der Waals surface area contributed by atoms with Crippen molar-refractivity contribution < 1.29 is 4.79 Å². The predicted molar refractivity (Wildman–Crippen MR) is 114 cm³/mol. The van der Waals surface area contributed by atoms with E-state index >= 15 is 0 Å². The number of thiophene rings is 1. The number of nitrogens with one attached hydrogen (secondary N) is 1. The Kier molecular flexibility index (Phi) is 4.73. The molecule has 142 valence electrons. The molecule has 5 nitrogen and oxygen atoms in total. The van der Waals surface area contributed by atoms with Crippen LogP contribution in [-0.2, 0) is 11.3 Å². The van der Waals surface area contributed by atoms with Crippen LogP contribution in [0.2, 0.25) is 0 Å². The van der Waals surface area contributed by atoms with Crippen LogP contribution in [-0.4, -0.2) is 15.5 Å². The number of aryl methyl sites for hydroxylation is 2. The van der Waals surface area contributed by atoms with Gasteiger partial charge in [-0.15, -0.1) is 11.3 Å². The van der Waals surface area contributed by atoms with Gasteiger partial charge in [-0.2, -0.15) is 0 Å². The van der Waals surface area contributed by atoms with Gasteiger partial charge in [0.15, 0.2) is 0 Å². The molecule has 4 aromatic rings. The first kappa shape index (κ1) is 18.4. The number of fused-ring (bicyclic) bond motifs is 2. The average molecular weight is 391 g/mol. The SMILES string of the molecule is Cc1sc2ncn(CC(=O)N[C@@H](C)c3cccc4ccccc34)c(=O)c2c1C. The number of carbonyl (C=O) groups excluding carboxylic acids is 1. The summed E-state index contributed by atoms with van der Waals surface area (Å²) in [6.07, 6.45) is 1.46. The summed E-state index contributed by atoms with van der Waals surface area (Å²) in [5.41, 5.74) is 1.83. The Balaban J connectivity index is 1.58. The molecule has 2 aromatic carbocycles. The van der Waals surface area contributed by atoms with Crippen LogP contribution in [0.15, 0.2) is 53.6 Å². The van der Waals surface area contributed by atoms with Gasteiger partial charge in [0, 0.05) is 4.88 Å². The van der Waals surface area contributed by atoms with Crippen LogP contribution in [0, 0.1) is 13.8 Å². The van der Waals surface area contributed by atoms with E-state index < -0.39 is 0 Å². The molecular weight excluding hydrogens is 370 g/mol. The lowest BCUT2D eigenvalue weighted by molar-refractivity contribution is -0.122. The van der Waals surface area contributed by atoms with Crippen LogP contribution < -0.4 is 10.9 Å². The number of rotatable bonds is 4. The van der Waals surface area contributed by atoms with Crippen molar-refractivity contribution in [3.63, 3.8) is 0 Å². The fraction of sp³-hybridized carbons (Fsp3) is 0.227. The summed E-state index contributed by atoms with van der Waals surface area (Å²) in [5.74, 6) is -0.215. The van der Waals surface area contributed by atoms with Crippen LogP contribution >= 0.6 is 11.3 Å². The molecule has 0 aliphatic carbocycles. The zero-order chi connectivity index (χ0) is 19.8. The van der Waals surface area contributed by atoms with Crippen molar-refractivity contribution in [1.29, 1.82) is 0 Å². The van der Waals surface area contributed by atoms with Crippen molar-refractivity contribution in [3.05, 3.63) is 75.1 Å². The Labute approximate surface area is 166 Å². The molecule has 0 unspecified atom stereocenters. The van der Waals surface area contributed by atoms with Gasteiger partial charge in [-0.3, -0.25) is 14.2 Å². The van der Waals surface area contributed by atoms with Gasteiger partial charge in [-0.05, 0) is 42.7 Å². The molecule has 2 aromatic heterocycles. The number of carbonyl (C=O) groups is 1. The predicted octanol–water partition coefficient (Wildman–Crippen LogP) is 4.11. The van der Waals surface area contributed by atoms with Gasteiger partial charge in [0.2, 0.25) is 5.91 Å². The molecule has 0 bridgehead atoms. The van der Waals surface area contributed by atoms with Crippen LogP contribution in [0.3, 0.4) is 0 Å². The minimum atomic E-state index is -0.215. The second kappa shape index (κ2) is 7.20. The van der Waals surface area contributed by atoms with E-state index in [4.69, 9.17) is 0 Å². The summed E-state index contributed by atoms with van der Waals surface area (Å²) in [6.45, 7) is 5.80. The molecule has 1 amide bonds. The Hall–Kier alpha value is -2.99. The normalized spacial score (nSPS) is 12.4. The van der Waals surface area contributed by atoms with Crippen molar-refractivity contribution in [2.24, 2.45) is 0 Å². The van der Waals surface area contributed by atoms with E-state index in [1.807, 2.05) is 45.0 Å². The first-order valence-corrected chi connectivity index (χ1v) is 9.99. The number of benzene rings is 2. The Morgan fingerprint density at radius 3 is 2.75 bits per heavy atom. The van der Waals surface area contributed by atoms with Crippen LogP contribution in [0.1, 0.15) is 29.0 Å². The van der Waals surface area contributed by atoms with E-state index in [-0.39, 0.29) is 24.1 Å². The highest BCUT2D eigenvalue weighted by Gasteiger charge is 2.16. The van der Waals surface area contributed by atoms with Crippen molar-refractivity contribution >= 4 is 38.2 Å². The molecular formula is C22H21N3O2S. The Morgan fingerprint density at radius 1 is 1.18 bits per heavy atom. The third kappa shape index (κ3) is 3.20. The first-order chi connectivity index (χ1) is 13.5. The minimum absolute atomic E-state index is 0.0504. The summed E-state index contributed by atoms with van der Waals surface area (Å²) in [5, 5.41) is 5.87. The fourth-order valence-electron chi connectivity index (χ4n) is 3.53. The Morgan fingerprint density at radius 2 is 1.93 bits per heavy atom. The molecule has 4 rings (SSSR count). The maximum Gasteiger partial charge on any atom is 0.262 e. The fourth-order valence-corrected chi connectivity index (χ4v) is 4.52. The molecule has 0 fully saturated rings. The molecule has 0 saturated carbocycles. The van der Waals surface area contributed by atoms with Gasteiger partial charge < -0.3 is 5.32 Å². The summed E-state index contributed by atoms with van der Waals surface area (Å²) >= 11 is 1.50. The van der Waals surface area contributed by atoms with Crippen molar-refractivity contribution in [3.8, 4) is 0 Å². The standard InChI is InChI=1S/C22H21N3O2S/c1-13-15(3)28-21-20(13)22(27)25(12-23-21)11-19(26)24-14(2)17-10-6-8-16-7-4-5-9-18(16)17/h4-10,12,14H,11H2,1-3H3,(H,24,26)/t14-/m0/s1. The summed E-state index contributed by atoms with van der Waals surface area (Å²) in [4.78, 5) is 31.5. The second-order valence-corrected chi connectivity index (χ2v) is 8.20. The van der Waals surface area contributed by atoms with Crippen LogP contribution in [0.5, 0.6) is 0 Å². The lowest BCUT2D eigenvalue weighted by Crippen LogP contribution is -2.34. The molecule has 0 spiro atoms. The minimum Gasteiger partial charge on any atom is -0.348 e. The third-order valence-electron chi connectivity index (χ3n) is 5.14. The molecule has 2 heterocycles. The van der Waals surface area contributed by atoms with Crippen LogP contribution in [0.4, 0.5) is 0 Å². The van der Waals surface area contributed by atoms with E-state index in [1.165, 1.54) is 22.2 Å². The van der Waals surface area contributed by atoms with E-state index in [2.05, 4.69) is 28.5 Å². The molecule has 28 heavy (non-hydrogen) atoms. The van der Waals surface area contributed by atoms with Gasteiger partial charge in [0.05, 0.1) is 17.8 Å². The van der Waals surface area contributed by atoms with Crippen molar-refractivity contribution in [2.45, 2.75) is 33.4 Å². The quantitative estimate of drug-likeness (QED) is 0.569. The van der Waals surface area contributed by atoms with Gasteiger partial charge in [0.1, 0.15) is 11.4 Å². The lowest BCUT2D eigenvalue weighted by atomic mass is 10.00. The number of amides is 1. The summed E-state index contributed by atoms with van der Waals surface area (Å²) in [6, 6.07) is 14.0. The summed E-state index contributed by atoms with van der Waals surface area (Å²) in [7, 11) is 0. The monoisotopic (exact) mass is 391 g/mol. The molecule has 0 aliphatic rings. The maximum atomic E-state index is 12.8. The average Bonchev–Trinajstić information content (AvgIpc) is 2.98. The van der Waals surface area contributed by atoms with Crippen molar-refractivity contribution in [1.82, 2.24) is 14.9 Å². The maximum absolute atomic E-state index is 12.8. The van der Waals surface area contributed by atoms with Crippen LogP contribution in [0.25, 0.3) is 21.0 Å². The highest BCUT2D eigenvalue weighted by atomic mass is 32.1.